The Balaban J connectivity index is 1.16. The molecule has 6 heteroatoms. The van der Waals surface area contributed by atoms with E-state index in [-0.39, 0.29) is 23.9 Å². The first-order chi connectivity index (χ1) is 15.5. The molecule has 5 nitrogen and oxygen atoms in total. The molecule has 2 aliphatic rings. The fraction of sp³-hybridized carbons (Fsp3) is 0.346. The van der Waals surface area contributed by atoms with Crippen molar-refractivity contribution in [1.29, 1.82) is 0 Å². The zero-order valence-corrected chi connectivity index (χ0v) is 18.7. The van der Waals surface area contributed by atoms with Crippen LogP contribution in [0.5, 0.6) is 0 Å². The van der Waals surface area contributed by atoms with Crippen molar-refractivity contribution < 1.29 is 9.59 Å². The highest BCUT2D eigenvalue weighted by Crippen LogP contribution is 2.59. The van der Waals surface area contributed by atoms with Crippen LogP contribution >= 0.6 is 11.6 Å². The fourth-order valence-electron chi connectivity index (χ4n) is 5.38. The van der Waals surface area contributed by atoms with Crippen LogP contribution in [0.3, 0.4) is 0 Å². The fourth-order valence-corrected chi connectivity index (χ4v) is 5.51. The van der Waals surface area contributed by atoms with Gasteiger partial charge in [-0.3, -0.25) is 9.59 Å². The first kappa shape index (κ1) is 21.0. The first-order valence-electron chi connectivity index (χ1n) is 11.3. The first-order valence-corrected chi connectivity index (χ1v) is 11.6. The number of rotatable bonds is 6. The van der Waals surface area contributed by atoms with Crippen molar-refractivity contribution in [2.45, 2.75) is 38.3 Å². The molecule has 2 amide bonds. The van der Waals surface area contributed by atoms with Crippen molar-refractivity contribution in [2.24, 2.45) is 17.8 Å². The Hall–Kier alpha value is -2.92. The van der Waals surface area contributed by atoms with Crippen LogP contribution in [0.1, 0.15) is 47.0 Å². The highest BCUT2D eigenvalue weighted by atomic mass is 35.5. The lowest BCUT2D eigenvalue weighted by molar-refractivity contribution is 0.0926. The van der Waals surface area contributed by atoms with Crippen molar-refractivity contribution in [1.82, 2.24) is 15.6 Å². The second-order valence-electron chi connectivity index (χ2n) is 8.93. The number of pyridine rings is 1. The highest BCUT2D eigenvalue weighted by molar-refractivity contribution is 6.30. The predicted molar refractivity (Wildman–Crippen MR) is 126 cm³/mol. The van der Waals surface area contributed by atoms with Crippen molar-refractivity contribution in [3.8, 4) is 0 Å². The monoisotopic (exact) mass is 447 g/mol. The number of para-hydroxylation sites is 1. The maximum atomic E-state index is 12.7. The number of halogens is 1. The largest absolute Gasteiger partial charge is 0.349 e. The van der Waals surface area contributed by atoms with Crippen LogP contribution in [-0.2, 0) is 0 Å². The molecule has 0 radical (unpaired) electrons. The van der Waals surface area contributed by atoms with E-state index in [1.54, 1.807) is 30.3 Å². The summed E-state index contributed by atoms with van der Waals surface area (Å²) in [7, 11) is 0. The smallest absolute Gasteiger partial charge is 0.270 e. The summed E-state index contributed by atoms with van der Waals surface area (Å²) in [4.78, 5) is 29.8. The average molecular weight is 448 g/mol. The van der Waals surface area contributed by atoms with Crippen LogP contribution in [0, 0.1) is 17.8 Å². The van der Waals surface area contributed by atoms with Gasteiger partial charge in [0.2, 0.25) is 0 Å². The molecule has 3 aromatic rings. The predicted octanol–water partition coefficient (Wildman–Crippen LogP) is 4.85. The van der Waals surface area contributed by atoms with Crippen LogP contribution in [-0.4, -0.2) is 28.9 Å². The van der Waals surface area contributed by atoms with Crippen molar-refractivity contribution >= 4 is 34.3 Å². The minimum Gasteiger partial charge on any atom is -0.349 e. The maximum absolute atomic E-state index is 12.7. The van der Waals surface area contributed by atoms with E-state index in [2.05, 4.69) is 22.5 Å². The number of fused-ring (bicyclic) bond motifs is 2. The van der Waals surface area contributed by atoms with E-state index in [0.29, 0.717) is 34.0 Å². The molecule has 0 saturated heterocycles. The summed E-state index contributed by atoms with van der Waals surface area (Å²) in [6, 6.07) is 18.8. The van der Waals surface area contributed by atoms with E-state index in [9.17, 15) is 9.59 Å². The van der Waals surface area contributed by atoms with Gasteiger partial charge in [-0.15, -0.1) is 0 Å². The lowest BCUT2D eigenvalue weighted by Gasteiger charge is -2.22. The highest BCUT2D eigenvalue weighted by Gasteiger charge is 2.58. The lowest BCUT2D eigenvalue weighted by atomic mass is 9.99. The summed E-state index contributed by atoms with van der Waals surface area (Å²) >= 11 is 5.92. The number of benzene rings is 2. The van der Waals surface area contributed by atoms with E-state index >= 15 is 0 Å². The summed E-state index contributed by atoms with van der Waals surface area (Å²) in [5.74, 6) is 1.44. The van der Waals surface area contributed by atoms with Gasteiger partial charge in [0.05, 0.1) is 5.52 Å². The molecule has 2 N–H and O–H groups in total. The maximum Gasteiger partial charge on any atom is 0.270 e. The molecule has 164 valence electrons. The van der Waals surface area contributed by atoms with Gasteiger partial charge in [0.15, 0.2) is 0 Å². The number of carbonyl (C=O) groups excluding carboxylic acids is 2. The summed E-state index contributed by atoms with van der Waals surface area (Å²) in [5, 5.41) is 8.03. The molecule has 2 aliphatic carbocycles. The van der Waals surface area contributed by atoms with E-state index in [1.807, 2.05) is 30.3 Å². The van der Waals surface area contributed by atoms with Gasteiger partial charge in [-0.1, -0.05) is 42.8 Å². The van der Waals surface area contributed by atoms with Crippen molar-refractivity contribution in [3.63, 3.8) is 0 Å². The molecule has 0 bridgehead atoms. The second-order valence-corrected chi connectivity index (χ2v) is 9.37. The molecule has 5 rings (SSSR count). The zero-order valence-electron chi connectivity index (χ0n) is 17.9. The molecule has 1 heterocycles. The standard InChI is InChI=1S/C26H26ClN3O2/c1-2-21(30-25(31)16-7-10-17(27)11-8-16)24-19-13-18(14-20(19)24)28-26(32)23-12-9-15-5-3-4-6-22(15)29-23/h3-12,18-21,24H,2,13-14H2,1H3,(H,28,32)(H,30,31)/t18?,19-,20+,21?,24?. The Kier molecular flexibility index (Phi) is 5.60. The molecule has 2 fully saturated rings. The SMILES string of the molecule is CCC(NC(=O)c1ccc(Cl)cc1)C1[C@H]2CC(NC(=O)c3ccc4ccccc4n3)C[C@@H]12. The van der Waals surface area contributed by atoms with Crippen LogP contribution < -0.4 is 10.6 Å². The molecular weight excluding hydrogens is 422 g/mol. The minimum atomic E-state index is -0.110. The van der Waals surface area contributed by atoms with Crippen LogP contribution in [0.15, 0.2) is 60.7 Å². The van der Waals surface area contributed by atoms with Gasteiger partial charge in [-0.05, 0) is 73.4 Å². The molecule has 2 saturated carbocycles. The van der Waals surface area contributed by atoms with E-state index < -0.39 is 0 Å². The number of hydrogen-bond donors (Lipinski definition) is 2. The Morgan fingerprint density at radius 1 is 1.00 bits per heavy atom. The average Bonchev–Trinajstić information content (AvgIpc) is 3.30. The Labute approximate surface area is 192 Å². The summed E-state index contributed by atoms with van der Waals surface area (Å²) in [5.41, 5.74) is 1.92. The zero-order chi connectivity index (χ0) is 22.2. The van der Waals surface area contributed by atoms with E-state index in [0.717, 1.165) is 30.2 Å². The summed E-state index contributed by atoms with van der Waals surface area (Å²) in [6.07, 6.45) is 2.82. The minimum absolute atomic E-state index is 0.0503. The number of amides is 2. The Morgan fingerprint density at radius 2 is 1.72 bits per heavy atom. The molecule has 1 aromatic heterocycles. The van der Waals surface area contributed by atoms with E-state index in [1.165, 1.54) is 0 Å². The van der Waals surface area contributed by atoms with Crippen LogP contribution in [0.2, 0.25) is 5.02 Å². The van der Waals surface area contributed by atoms with Gasteiger partial charge in [-0.2, -0.15) is 0 Å². The summed E-state index contributed by atoms with van der Waals surface area (Å²) in [6.45, 7) is 2.12. The normalized spacial score (nSPS) is 24.6. The molecule has 32 heavy (non-hydrogen) atoms. The van der Waals surface area contributed by atoms with Crippen LogP contribution in [0.4, 0.5) is 0 Å². The molecular formula is C26H26ClN3O2. The molecule has 0 aliphatic heterocycles. The van der Waals surface area contributed by atoms with Crippen molar-refractivity contribution in [2.75, 3.05) is 0 Å². The third kappa shape index (κ3) is 4.09. The van der Waals surface area contributed by atoms with Crippen molar-refractivity contribution in [3.05, 3.63) is 76.9 Å². The third-order valence-electron chi connectivity index (χ3n) is 7.00. The third-order valence-corrected chi connectivity index (χ3v) is 7.26. The quantitative estimate of drug-likeness (QED) is 0.567. The van der Waals surface area contributed by atoms with Gasteiger partial charge in [0.25, 0.3) is 11.8 Å². The van der Waals surface area contributed by atoms with Gasteiger partial charge in [0.1, 0.15) is 5.69 Å². The Morgan fingerprint density at radius 3 is 2.44 bits per heavy atom. The van der Waals surface area contributed by atoms with Gasteiger partial charge in [-0.25, -0.2) is 4.98 Å². The Bertz CT molecular complexity index is 1150. The van der Waals surface area contributed by atoms with E-state index in [4.69, 9.17) is 11.6 Å². The van der Waals surface area contributed by atoms with Gasteiger partial charge in [0, 0.05) is 28.1 Å². The lowest BCUT2D eigenvalue weighted by Crippen LogP contribution is -2.39. The molecule has 2 aromatic carbocycles. The summed E-state index contributed by atoms with van der Waals surface area (Å²) < 4.78 is 0. The number of aromatic nitrogens is 1. The number of hydrogen-bond acceptors (Lipinski definition) is 3. The molecule has 0 spiro atoms. The number of nitrogens with zero attached hydrogens (tertiary/aromatic N) is 1. The molecule has 5 atom stereocenters. The van der Waals surface area contributed by atoms with Gasteiger partial charge >= 0.3 is 0 Å². The van der Waals surface area contributed by atoms with Gasteiger partial charge < -0.3 is 10.6 Å². The molecule has 3 unspecified atom stereocenters. The second kappa shape index (κ2) is 8.55. The van der Waals surface area contributed by atoms with Crippen LogP contribution in [0.25, 0.3) is 10.9 Å². The topological polar surface area (TPSA) is 71.1 Å². The number of nitrogens with one attached hydrogen (secondary N) is 2. The number of carbonyl (C=O) groups is 2.